The van der Waals surface area contributed by atoms with Crippen LogP contribution in [-0.4, -0.2) is 19.6 Å². The van der Waals surface area contributed by atoms with Gasteiger partial charge in [0.25, 0.3) is 5.82 Å². The Morgan fingerprint density at radius 2 is 1.71 bits per heavy atom. The second-order valence-electron chi connectivity index (χ2n) is 4.20. The molecule has 0 aliphatic carbocycles. The number of diazo groups is 1. The Morgan fingerprint density at radius 3 is 2.18 bits per heavy atom. The van der Waals surface area contributed by atoms with Crippen LogP contribution in [0.1, 0.15) is 22.5 Å². The van der Waals surface area contributed by atoms with Crippen molar-refractivity contribution in [2.24, 2.45) is 7.05 Å². The lowest BCUT2D eigenvalue weighted by Gasteiger charge is -1.90. The first kappa shape index (κ1) is 11.3. The lowest BCUT2D eigenvalue weighted by molar-refractivity contribution is 0.714. The summed E-state index contributed by atoms with van der Waals surface area (Å²) in [5.74, 6) is 1.14. The summed E-state index contributed by atoms with van der Waals surface area (Å²) in [4.78, 5) is 3.30. The molecule has 88 valence electrons. The second-order valence-corrected chi connectivity index (χ2v) is 4.20. The molecular formula is C11H15N6+. The Kier molecular flexibility index (Phi) is 2.46. The van der Waals surface area contributed by atoms with E-state index in [1.165, 1.54) is 0 Å². The smallest absolute Gasteiger partial charge is 0.268 e. The number of aromatic nitrogens is 4. The molecule has 0 amide bonds. The van der Waals surface area contributed by atoms with Crippen molar-refractivity contribution in [2.45, 2.75) is 27.7 Å². The zero-order valence-electron chi connectivity index (χ0n) is 10.7. The molecule has 0 saturated carbocycles. The van der Waals surface area contributed by atoms with Crippen LogP contribution in [0.4, 0.5) is 5.82 Å². The molecule has 0 aliphatic rings. The maximum atomic E-state index is 9.07. The highest BCUT2D eigenvalue weighted by molar-refractivity contribution is 5.53. The van der Waals surface area contributed by atoms with E-state index in [2.05, 4.69) is 15.2 Å². The third-order valence-corrected chi connectivity index (χ3v) is 3.23. The van der Waals surface area contributed by atoms with Gasteiger partial charge in [0.1, 0.15) is 0 Å². The summed E-state index contributed by atoms with van der Waals surface area (Å²) in [5.41, 5.74) is 3.78. The van der Waals surface area contributed by atoms with Gasteiger partial charge in [0.15, 0.2) is 0 Å². The van der Waals surface area contributed by atoms with E-state index >= 15 is 0 Å². The number of aryl methyl sites for hydroxylation is 2. The molecule has 0 aliphatic heterocycles. The first-order valence-electron chi connectivity index (χ1n) is 5.39. The third kappa shape index (κ3) is 1.51. The quantitative estimate of drug-likeness (QED) is 0.707. The lowest BCUT2D eigenvalue weighted by atomic mass is 10.2. The summed E-state index contributed by atoms with van der Waals surface area (Å²) in [6.07, 6.45) is 0. The number of hydrogen-bond acceptors (Lipinski definition) is 3. The molecule has 0 aromatic carbocycles. The van der Waals surface area contributed by atoms with Crippen molar-refractivity contribution in [3.05, 3.63) is 27.5 Å². The number of rotatable bonds is 1. The summed E-state index contributed by atoms with van der Waals surface area (Å²) >= 11 is 0. The van der Waals surface area contributed by atoms with Crippen LogP contribution in [0.25, 0.3) is 10.8 Å². The summed E-state index contributed by atoms with van der Waals surface area (Å²) in [6, 6.07) is 0. The summed E-state index contributed by atoms with van der Waals surface area (Å²) in [5, 5.41) is 17.8. The third-order valence-electron chi connectivity index (χ3n) is 3.23. The fourth-order valence-corrected chi connectivity index (χ4v) is 1.76. The van der Waals surface area contributed by atoms with Crippen molar-refractivity contribution < 1.29 is 0 Å². The zero-order valence-corrected chi connectivity index (χ0v) is 10.7. The second kappa shape index (κ2) is 3.70. The van der Waals surface area contributed by atoms with Crippen LogP contribution in [0.5, 0.6) is 0 Å². The Bertz CT molecular complexity index is 625. The highest BCUT2D eigenvalue weighted by Crippen LogP contribution is 2.26. The molecule has 2 rings (SSSR count). The molecule has 2 aromatic heterocycles. The maximum Gasteiger partial charge on any atom is 0.456 e. The SMILES string of the molecule is Cc1nn(-c2nn(C)c(C)c2C)c([N+]#N)c1C. The lowest BCUT2D eigenvalue weighted by Crippen LogP contribution is -2.00. The molecule has 0 fully saturated rings. The van der Waals surface area contributed by atoms with Gasteiger partial charge in [-0.3, -0.25) is 4.68 Å². The Morgan fingerprint density at radius 1 is 1.06 bits per heavy atom. The summed E-state index contributed by atoms with van der Waals surface area (Å²) in [6.45, 7) is 7.72. The molecule has 0 N–H and O–H groups in total. The predicted octanol–water partition coefficient (Wildman–Crippen LogP) is 2.32. The normalized spacial score (nSPS) is 10.6. The Hall–Kier alpha value is -2.16. The summed E-state index contributed by atoms with van der Waals surface area (Å²) < 4.78 is 3.37. The highest BCUT2D eigenvalue weighted by atomic mass is 15.4. The zero-order chi connectivity index (χ0) is 12.7. The molecular weight excluding hydrogens is 216 g/mol. The van der Waals surface area contributed by atoms with Gasteiger partial charge in [0, 0.05) is 23.3 Å². The molecule has 2 heterocycles. The van der Waals surface area contributed by atoms with Crippen LogP contribution in [0.15, 0.2) is 0 Å². The van der Waals surface area contributed by atoms with Crippen LogP contribution in [0.2, 0.25) is 0 Å². The number of hydrogen-bond donors (Lipinski definition) is 0. The minimum atomic E-state index is 0.434. The Labute approximate surface area is 99.5 Å². The summed E-state index contributed by atoms with van der Waals surface area (Å²) in [7, 11) is 1.88. The van der Waals surface area contributed by atoms with E-state index in [0.717, 1.165) is 22.5 Å². The topological polar surface area (TPSA) is 63.8 Å². The maximum absolute atomic E-state index is 9.07. The molecule has 0 atom stereocenters. The van der Waals surface area contributed by atoms with Gasteiger partial charge in [-0.1, -0.05) is 9.78 Å². The minimum Gasteiger partial charge on any atom is -0.268 e. The standard InChI is InChI=1S/C11H15N6/c1-6-8(3)14-17(10(6)13-12)11-7(2)9(4)16(5)15-11/h1-5H3/q+1. The fourth-order valence-electron chi connectivity index (χ4n) is 1.76. The average molecular weight is 231 g/mol. The number of nitrogens with zero attached hydrogens (tertiary/aromatic N) is 6. The fraction of sp³-hybridized carbons (Fsp3) is 0.455. The van der Waals surface area contributed by atoms with E-state index in [9.17, 15) is 0 Å². The van der Waals surface area contributed by atoms with Crippen molar-refractivity contribution >= 4 is 5.82 Å². The first-order chi connectivity index (χ1) is 7.97. The van der Waals surface area contributed by atoms with Crippen molar-refractivity contribution in [2.75, 3.05) is 0 Å². The molecule has 6 heteroatoms. The molecule has 0 bridgehead atoms. The van der Waals surface area contributed by atoms with E-state index in [4.69, 9.17) is 5.39 Å². The molecule has 17 heavy (non-hydrogen) atoms. The molecule has 0 saturated heterocycles. The van der Waals surface area contributed by atoms with Gasteiger partial charge >= 0.3 is 5.82 Å². The highest BCUT2D eigenvalue weighted by Gasteiger charge is 2.28. The minimum absolute atomic E-state index is 0.434. The van der Waals surface area contributed by atoms with E-state index in [1.54, 1.807) is 9.36 Å². The van der Waals surface area contributed by atoms with Gasteiger partial charge in [0.05, 0.1) is 16.7 Å². The van der Waals surface area contributed by atoms with Crippen LogP contribution >= 0.6 is 0 Å². The first-order valence-corrected chi connectivity index (χ1v) is 5.39. The van der Waals surface area contributed by atoms with Crippen molar-refractivity contribution in [1.82, 2.24) is 19.6 Å². The van der Waals surface area contributed by atoms with Crippen molar-refractivity contribution in [1.29, 1.82) is 5.39 Å². The van der Waals surface area contributed by atoms with Crippen molar-refractivity contribution in [3.8, 4) is 5.82 Å². The molecule has 0 radical (unpaired) electrons. The molecule has 2 aromatic rings. The molecule has 0 unspecified atom stereocenters. The molecule has 0 spiro atoms. The van der Waals surface area contributed by atoms with Crippen LogP contribution in [-0.2, 0) is 7.05 Å². The van der Waals surface area contributed by atoms with Gasteiger partial charge in [-0.15, -0.1) is 5.10 Å². The van der Waals surface area contributed by atoms with Gasteiger partial charge < -0.3 is 0 Å². The van der Waals surface area contributed by atoms with Gasteiger partial charge in [0.2, 0.25) is 0 Å². The molecule has 6 nitrogen and oxygen atoms in total. The van der Waals surface area contributed by atoms with Crippen LogP contribution in [0, 0.1) is 33.1 Å². The van der Waals surface area contributed by atoms with Crippen LogP contribution < -0.4 is 0 Å². The Balaban J connectivity index is 2.74. The van der Waals surface area contributed by atoms with Gasteiger partial charge in [-0.05, 0) is 27.7 Å². The van der Waals surface area contributed by atoms with E-state index in [-0.39, 0.29) is 0 Å². The van der Waals surface area contributed by atoms with E-state index < -0.39 is 0 Å². The van der Waals surface area contributed by atoms with Gasteiger partial charge in [-0.25, -0.2) is 0 Å². The van der Waals surface area contributed by atoms with E-state index in [0.29, 0.717) is 11.6 Å². The largest absolute Gasteiger partial charge is 0.456 e. The van der Waals surface area contributed by atoms with Crippen molar-refractivity contribution in [3.63, 3.8) is 0 Å². The predicted molar refractivity (Wildman–Crippen MR) is 64.0 cm³/mol. The van der Waals surface area contributed by atoms with Gasteiger partial charge in [-0.2, -0.15) is 0 Å². The average Bonchev–Trinajstić information content (AvgIpc) is 2.72. The van der Waals surface area contributed by atoms with E-state index in [1.807, 2.05) is 34.7 Å². The monoisotopic (exact) mass is 231 g/mol. The van der Waals surface area contributed by atoms with Crippen LogP contribution in [0.3, 0.4) is 0 Å².